The Balaban J connectivity index is 1.28. The van der Waals surface area contributed by atoms with Crippen LogP contribution in [-0.4, -0.2) is 43.6 Å². The molecule has 3 heterocycles. The van der Waals surface area contributed by atoms with Crippen molar-refractivity contribution >= 4 is 27.5 Å². The average Bonchev–Trinajstić information content (AvgIpc) is 3.28. The summed E-state index contributed by atoms with van der Waals surface area (Å²) in [5, 5.41) is 7.93. The normalized spacial score (nSPS) is 15.1. The molecule has 1 N–H and O–H groups in total. The number of anilines is 1. The second kappa shape index (κ2) is 9.72. The third-order valence-corrected chi connectivity index (χ3v) is 6.82. The van der Waals surface area contributed by atoms with Gasteiger partial charge in [-0.2, -0.15) is 19.6 Å². The van der Waals surface area contributed by atoms with Crippen LogP contribution in [0.4, 0.5) is 5.82 Å². The summed E-state index contributed by atoms with van der Waals surface area (Å²) in [6.45, 7) is 9.31. The largest absolute Gasteiger partial charge is 0.438 e. The monoisotopic (exact) mass is 520 g/mol. The molecule has 0 spiro atoms. The first-order valence-corrected chi connectivity index (χ1v) is 12.4. The van der Waals surface area contributed by atoms with E-state index in [4.69, 9.17) is 4.74 Å². The zero-order valence-corrected chi connectivity index (χ0v) is 21.3. The Kier molecular flexibility index (Phi) is 6.52. The van der Waals surface area contributed by atoms with Crippen molar-refractivity contribution in [1.82, 2.24) is 24.5 Å². The van der Waals surface area contributed by atoms with E-state index in [2.05, 4.69) is 98.4 Å². The molecular formula is C26H29BrN6O. The van der Waals surface area contributed by atoms with Crippen LogP contribution in [0.1, 0.15) is 35.1 Å². The van der Waals surface area contributed by atoms with Gasteiger partial charge in [0.15, 0.2) is 0 Å². The number of benzene rings is 2. The van der Waals surface area contributed by atoms with Crippen LogP contribution in [0.3, 0.4) is 0 Å². The van der Waals surface area contributed by atoms with Gasteiger partial charge in [0.1, 0.15) is 17.9 Å². The fraction of sp³-hybridized carbons (Fsp3) is 0.346. The van der Waals surface area contributed by atoms with Gasteiger partial charge < -0.3 is 10.1 Å². The summed E-state index contributed by atoms with van der Waals surface area (Å²) in [6, 6.07) is 15.1. The summed E-state index contributed by atoms with van der Waals surface area (Å²) in [4.78, 5) is 11.5. The Morgan fingerprint density at radius 2 is 1.74 bits per heavy atom. The maximum absolute atomic E-state index is 6.36. The molecular weight excluding hydrogens is 492 g/mol. The number of rotatable bonds is 6. The van der Waals surface area contributed by atoms with Gasteiger partial charge in [-0.15, -0.1) is 0 Å². The highest BCUT2D eigenvalue weighted by atomic mass is 79.9. The third-order valence-electron chi connectivity index (χ3n) is 6.29. The molecule has 176 valence electrons. The van der Waals surface area contributed by atoms with Crippen LogP contribution < -0.4 is 10.1 Å². The van der Waals surface area contributed by atoms with Gasteiger partial charge >= 0.3 is 0 Å². The molecule has 8 heteroatoms. The predicted octanol–water partition coefficient (Wildman–Crippen LogP) is 5.68. The highest BCUT2D eigenvalue weighted by Gasteiger charge is 2.21. The van der Waals surface area contributed by atoms with E-state index in [1.807, 2.05) is 6.07 Å². The molecule has 0 bridgehead atoms. The van der Waals surface area contributed by atoms with Gasteiger partial charge in [-0.3, -0.25) is 4.90 Å². The molecule has 2 aromatic carbocycles. The Hall–Kier alpha value is -2.97. The second-order valence-electron chi connectivity index (χ2n) is 9.10. The minimum absolute atomic E-state index is 0.356. The zero-order valence-electron chi connectivity index (χ0n) is 19.8. The zero-order chi connectivity index (χ0) is 23.7. The number of fused-ring (bicyclic) bond motifs is 1. The molecule has 1 saturated heterocycles. The van der Waals surface area contributed by atoms with Crippen LogP contribution in [0.2, 0.25) is 0 Å². The Morgan fingerprint density at radius 1 is 1.03 bits per heavy atom. The van der Waals surface area contributed by atoms with E-state index in [0.29, 0.717) is 17.7 Å². The van der Waals surface area contributed by atoms with Crippen molar-refractivity contribution in [3.63, 3.8) is 0 Å². The van der Waals surface area contributed by atoms with E-state index in [1.54, 1.807) is 4.52 Å². The van der Waals surface area contributed by atoms with E-state index in [0.717, 1.165) is 59.6 Å². The SMILES string of the molecule is Cc1cc(C)c(Oc2cc(NC3CCN(Cc4ccc(Br)cc4)CC3)nc3ncnn23)c(C)c1. The van der Waals surface area contributed by atoms with Crippen molar-refractivity contribution in [1.29, 1.82) is 0 Å². The number of hydrogen-bond acceptors (Lipinski definition) is 6. The smallest absolute Gasteiger partial charge is 0.257 e. The number of piperidine rings is 1. The van der Waals surface area contributed by atoms with Gasteiger partial charge in [0.2, 0.25) is 5.88 Å². The van der Waals surface area contributed by atoms with Crippen molar-refractivity contribution in [2.24, 2.45) is 0 Å². The molecule has 0 amide bonds. The standard InChI is InChI=1S/C26H29BrN6O/c1-17-12-18(2)25(19(3)13-17)34-24-14-23(31-26-28-16-29-33(24)26)30-22-8-10-32(11-9-22)15-20-4-6-21(27)7-5-20/h4-7,12-14,16,22H,8-11,15H2,1-3H3,(H,28,29,30,31). The number of nitrogens with zero attached hydrogens (tertiary/aromatic N) is 5. The molecule has 1 aliphatic rings. The van der Waals surface area contributed by atoms with Crippen LogP contribution in [-0.2, 0) is 6.54 Å². The van der Waals surface area contributed by atoms with Crippen LogP contribution >= 0.6 is 15.9 Å². The topological polar surface area (TPSA) is 67.6 Å². The molecule has 4 aromatic rings. The molecule has 0 unspecified atom stereocenters. The lowest BCUT2D eigenvalue weighted by atomic mass is 10.0. The number of aryl methyl sites for hydroxylation is 3. The molecule has 5 rings (SSSR count). The summed E-state index contributed by atoms with van der Waals surface area (Å²) in [5.74, 6) is 2.74. The van der Waals surface area contributed by atoms with Crippen molar-refractivity contribution in [2.45, 2.75) is 46.2 Å². The Labute approximate surface area is 208 Å². The lowest BCUT2D eigenvalue weighted by molar-refractivity contribution is 0.211. The van der Waals surface area contributed by atoms with E-state index in [1.165, 1.54) is 17.5 Å². The lowest BCUT2D eigenvalue weighted by Crippen LogP contribution is -2.38. The third kappa shape index (κ3) is 5.08. The molecule has 0 aliphatic carbocycles. The molecule has 1 aliphatic heterocycles. The number of aromatic nitrogens is 4. The van der Waals surface area contributed by atoms with E-state index < -0.39 is 0 Å². The summed E-state index contributed by atoms with van der Waals surface area (Å²) in [6.07, 6.45) is 3.62. The van der Waals surface area contributed by atoms with E-state index in [-0.39, 0.29) is 0 Å². The van der Waals surface area contributed by atoms with Gasteiger partial charge in [-0.25, -0.2) is 0 Å². The predicted molar refractivity (Wildman–Crippen MR) is 138 cm³/mol. The molecule has 0 atom stereocenters. The van der Waals surface area contributed by atoms with Crippen LogP contribution in [0.15, 0.2) is 53.3 Å². The van der Waals surface area contributed by atoms with Crippen LogP contribution in [0, 0.1) is 20.8 Å². The summed E-state index contributed by atoms with van der Waals surface area (Å²) < 4.78 is 9.12. The minimum atomic E-state index is 0.356. The average molecular weight is 521 g/mol. The Bertz CT molecular complexity index is 1270. The highest BCUT2D eigenvalue weighted by Crippen LogP contribution is 2.31. The number of nitrogens with one attached hydrogen (secondary N) is 1. The fourth-order valence-electron chi connectivity index (χ4n) is 4.66. The number of hydrogen-bond donors (Lipinski definition) is 1. The van der Waals surface area contributed by atoms with Gasteiger partial charge in [-0.05, 0) is 62.4 Å². The maximum atomic E-state index is 6.36. The molecule has 1 fully saturated rings. The van der Waals surface area contributed by atoms with Gasteiger partial charge in [0.25, 0.3) is 5.78 Å². The van der Waals surface area contributed by atoms with Gasteiger partial charge in [0.05, 0.1) is 0 Å². The van der Waals surface area contributed by atoms with Gasteiger partial charge in [-0.1, -0.05) is 45.8 Å². The number of likely N-dealkylation sites (tertiary alicyclic amines) is 1. The number of ether oxygens (including phenoxy) is 1. The lowest BCUT2D eigenvalue weighted by Gasteiger charge is -2.32. The fourth-order valence-corrected chi connectivity index (χ4v) is 4.92. The first-order chi connectivity index (χ1) is 16.4. The molecule has 2 aromatic heterocycles. The second-order valence-corrected chi connectivity index (χ2v) is 10.0. The molecule has 0 radical (unpaired) electrons. The highest BCUT2D eigenvalue weighted by molar-refractivity contribution is 9.10. The first-order valence-electron chi connectivity index (χ1n) is 11.6. The summed E-state index contributed by atoms with van der Waals surface area (Å²) >= 11 is 3.51. The van der Waals surface area contributed by atoms with E-state index >= 15 is 0 Å². The summed E-state index contributed by atoms with van der Waals surface area (Å²) in [5.41, 5.74) is 4.75. The Morgan fingerprint density at radius 3 is 2.44 bits per heavy atom. The van der Waals surface area contributed by atoms with Crippen molar-refractivity contribution in [2.75, 3.05) is 18.4 Å². The van der Waals surface area contributed by atoms with Gasteiger partial charge in [0, 0.05) is 36.2 Å². The first kappa shape index (κ1) is 22.8. The van der Waals surface area contributed by atoms with Crippen molar-refractivity contribution in [3.8, 4) is 11.6 Å². The quantitative estimate of drug-likeness (QED) is 0.352. The van der Waals surface area contributed by atoms with Crippen molar-refractivity contribution in [3.05, 3.63) is 75.5 Å². The molecule has 7 nitrogen and oxygen atoms in total. The molecule has 34 heavy (non-hydrogen) atoms. The number of halogens is 1. The minimum Gasteiger partial charge on any atom is -0.438 e. The van der Waals surface area contributed by atoms with Crippen molar-refractivity contribution < 1.29 is 4.74 Å². The van der Waals surface area contributed by atoms with Crippen LogP contribution in [0.5, 0.6) is 11.6 Å². The van der Waals surface area contributed by atoms with Crippen LogP contribution in [0.25, 0.3) is 5.78 Å². The molecule has 0 saturated carbocycles. The summed E-state index contributed by atoms with van der Waals surface area (Å²) in [7, 11) is 0. The van der Waals surface area contributed by atoms with E-state index in [9.17, 15) is 0 Å². The maximum Gasteiger partial charge on any atom is 0.257 e.